The van der Waals surface area contributed by atoms with E-state index in [-0.39, 0.29) is 5.78 Å². The highest BCUT2D eigenvalue weighted by Gasteiger charge is 2.19. The number of carbonyl (C=O) groups is 1. The molecule has 1 aromatic heterocycles. The normalized spacial score (nSPS) is 12.8. The minimum absolute atomic E-state index is 0.219. The highest BCUT2D eigenvalue weighted by atomic mass is 79.9. The molecule has 3 rings (SSSR count). The molecule has 4 heteroatoms. The first-order chi connectivity index (χ1) is 10.2. The zero-order valence-electron chi connectivity index (χ0n) is 11.6. The van der Waals surface area contributed by atoms with Crippen LogP contribution in [0.1, 0.15) is 23.2 Å². The van der Waals surface area contributed by atoms with E-state index in [4.69, 9.17) is 4.74 Å². The number of hydrogen-bond donors (Lipinski definition) is 0. The maximum Gasteiger partial charge on any atom is 0.137 e. The van der Waals surface area contributed by atoms with Crippen LogP contribution < -0.4 is 4.74 Å². The van der Waals surface area contributed by atoms with Crippen LogP contribution in [0.5, 0.6) is 5.75 Å². The van der Waals surface area contributed by atoms with Gasteiger partial charge >= 0.3 is 0 Å². The molecule has 0 amide bonds. The molecule has 2 heterocycles. The van der Waals surface area contributed by atoms with Crippen molar-refractivity contribution in [3.63, 3.8) is 0 Å². The lowest BCUT2D eigenvalue weighted by molar-refractivity contribution is -0.118. The maximum absolute atomic E-state index is 12.2. The molecule has 1 aliphatic heterocycles. The van der Waals surface area contributed by atoms with Gasteiger partial charge in [0.05, 0.1) is 6.61 Å². The molecule has 0 atom stereocenters. The van der Waals surface area contributed by atoms with E-state index in [1.807, 2.05) is 24.3 Å². The number of ether oxygens (including phenoxy) is 1. The van der Waals surface area contributed by atoms with Gasteiger partial charge < -0.3 is 4.74 Å². The molecule has 0 saturated carbocycles. The number of hydrogen-bond acceptors (Lipinski definition) is 3. The van der Waals surface area contributed by atoms with E-state index in [0.717, 1.165) is 27.9 Å². The quantitative estimate of drug-likeness (QED) is 0.832. The van der Waals surface area contributed by atoms with Gasteiger partial charge in [-0.15, -0.1) is 0 Å². The van der Waals surface area contributed by atoms with Crippen molar-refractivity contribution >= 4 is 21.7 Å². The highest BCUT2D eigenvalue weighted by Crippen LogP contribution is 2.33. The monoisotopic (exact) mass is 345 g/mol. The van der Waals surface area contributed by atoms with Crippen LogP contribution in [0.25, 0.3) is 0 Å². The zero-order valence-corrected chi connectivity index (χ0v) is 13.2. The second kappa shape index (κ2) is 6.39. The molecule has 0 aliphatic carbocycles. The highest BCUT2D eigenvalue weighted by molar-refractivity contribution is 9.10. The van der Waals surface area contributed by atoms with E-state index in [1.165, 1.54) is 5.56 Å². The second-order valence-electron chi connectivity index (χ2n) is 5.19. The summed E-state index contributed by atoms with van der Waals surface area (Å²) >= 11 is 3.50. The fourth-order valence-electron chi connectivity index (χ4n) is 2.59. The van der Waals surface area contributed by atoms with Crippen molar-refractivity contribution in [3.8, 4) is 5.75 Å². The Morgan fingerprint density at radius 1 is 1.33 bits per heavy atom. The molecule has 0 spiro atoms. The van der Waals surface area contributed by atoms with Crippen molar-refractivity contribution in [2.45, 2.75) is 25.7 Å². The van der Waals surface area contributed by atoms with Crippen molar-refractivity contribution in [2.75, 3.05) is 6.61 Å². The summed E-state index contributed by atoms with van der Waals surface area (Å²) in [5.74, 6) is 1.13. The Morgan fingerprint density at radius 3 is 3.05 bits per heavy atom. The van der Waals surface area contributed by atoms with Gasteiger partial charge in [0.15, 0.2) is 0 Å². The average molecular weight is 346 g/mol. The van der Waals surface area contributed by atoms with E-state index in [1.54, 1.807) is 6.20 Å². The molecule has 0 fully saturated rings. The molecule has 0 radical (unpaired) electrons. The lowest BCUT2D eigenvalue weighted by Crippen LogP contribution is -2.06. The van der Waals surface area contributed by atoms with E-state index in [2.05, 4.69) is 27.0 Å². The number of pyridine rings is 1. The van der Waals surface area contributed by atoms with E-state index >= 15 is 0 Å². The number of ketones is 1. The van der Waals surface area contributed by atoms with Crippen LogP contribution in [-0.4, -0.2) is 17.4 Å². The molecule has 0 bridgehead atoms. The van der Waals surface area contributed by atoms with Gasteiger partial charge in [0.2, 0.25) is 0 Å². The SMILES string of the molecule is O=C(CCc1ccccn1)Cc1cc(Br)cc2c1OCC2. The van der Waals surface area contributed by atoms with Crippen LogP contribution in [0, 0.1) is 0 Å². The molecule has 0 N–H and O–H groups in total. The van der Waals surface area contributed by atoms with Crippen LogP contribution in [0.2, 0.25) is 0 Å². The van der Waals surface area contributed by atoms with Crippen LogP contribution in [-0.2, 0) is 24.1 Å². The largest absolute Gasteiger partial charge is 0.493 e. The van der Waals surface area contributed by atoms with Gasteiger partial charge in [0.25, 0.3) is 0 Å². The lowest BCUT2D eigenvalue weighted by atomic mass is 10.0. The standard InChI is InChI=1S/C17H16BrNO2/c18-14-9-12-6-8-21-17(12)13(10-14)11-16(20)5-4-15-3-1-2-7-19-15/h1-3,7,9-10H,4-6,8,11H2. The van der Waals surface area contributed by atoms with Gasteiger partial charge in [-0.3, -0.25) is 9.78 Å². The molecule has 0 unspecified atom stereocenters. The average Bonchev–Trinajstić information content (AvgIpc) is 2.94. The first-order valence-corrected chi connectivity index (χ1v) is 7.87. The molecule has 1 aliphatic rings. The van der Waals surface area contributed by atoms with Crippen molar-refractivity contribution < 1.29 is 9.53 Å². The number of aryl methyl sites for hydroxylation is 1. The third-order valence-electron chi connectivity index (χ3n) is 3.60. The van der Waals surface area contributed by atoms with Gasteiger partial charge in [-0.2, -0.15) is 0 Å². The molecule has 21 heavy (non-hydrogen) atoms. The summed E-state index contributed by atoms with van der Waals surface area (Å²) < 4.78 is 6.68. The van der Waals surface area contributed by atoms with Gasteiger partial charge in [0.1, 0.15) is 11.5 Å². The van der Waals surface area contributed by atoms with E-state index in [0.29, 0.717) is 25.9 Å². The van der Waals surface area contributed by atoms with E-state index < -0.39 is 0 Å². The molecular formula is C17H16BrNO2. The summed E-state index contributed by atoms with van der Waals surface area (Å²) in [4.78, 5) is 16.4. The fourth-order valence-corrected chi connectivity index (χ4v) is 3.14. The van der Waals surface area contributed by atoms with Crippen molar-refractivity contribution in [3.05, 3.63) is 57.8 Å². The predicted octanol–water partition coefficient (Wildman–Crippen LogP) is 3.52. The smallest absolute Gasteiger partial charge is 0.137 e. The predicted molar refractivity (Wildman–Crippen MR) is 84.6 cm³/mol. The first-order valence-electron chi connectivity index (χ1n) is 7.08. The Labute approximate surface area is 132 Å². The van der Waals surface area contributed by atoms with Crippen molar-refractivity contribution in [2.24, 2.45) is 0 Å². The number of halogens is 1. The maximum atomic E-state index is 12.2. The van der Waals surface area contributed by atoms with Crippen LogP contribution in [0.3, 0.4) is 0 Å². The van der Waals surface area contributed by atoms with Gasteiger partial charge in [0, 0.05) is 41.2 Å². The minimum atomic E-state index is 0.219. The van der Waals surface area contributed by atoms with Crippen LogP contribution >= 0.6 is 15.9 Å². The first kappa shape index (κ1) is 14.3. The summed E-state index contributed by atoms with van der Waals surface area (Å²) in [5, 5.41) is 0. The Morgan fingerprint density at radius 2 is 2.24 bits per heavy atom. The van der Waals surface area contributed by atoms with Crippen LogP contribution in [0.15, 0.2) is 41.0 Å². The Balaban J connectivity index is 1.65. The fraction of sp³-hybridized carbons (Fsp3) is 0.294. The second-order valence-corrected chi connectivity index (χ2v) is 6.10. The summed E-state index contributed by atoms with van der Waals surface area (Å²) in [6.45, 7) is 0.709. The number of Topliss-reactive ketones (excluding diaryl/α,β-unsaturated/α-hetero) is 1. The van der Waals surface area contributed by atoms with Crippen molar-refractivity contribution in [1.29, 1.82) is 0 Å². The Bertz CT molecular complexity index is 655. The Kier molecular flexibility index (Phi) is 4.34. The van der Waals surface area contributed by atoms with Gasteiger partial charge in [-0.25, -0.2) is 0 Å². The van der Waals surface area contributed by atoms with Crippen LogP contribution in [0.4, 0.5) is 0 Å². The van der Waals surface area contributed by atoms with Gasteiger partial charge in [-0.05, 0) is 36.2 Å². The minimum Gasteiger partial charge on any atom is -0.493 e. The number of carbonyl (C=O) groups excluding carboxylic acids is 1. The molecule has 1 aromatic carbocycles. The number of fused-ring (bicyclic) bond motifs is 1. The zero-order chi connectivity index (χ0) is 14.7. The number of aromatic nitrogens is 1. The third kappa shape index (κ3) is 3.50. The summed E-state index contributed by atoms with van der Waals surface area (Å²) in [6, 6.07) is 9.84. The van der Waals surface area contributed by atoms with E-state index in [9.17, 15) is 4.79 Å². The molecule has 3 nitrogen and oxygen atoms in total. The Hall–Kier alpha value is -1.68. The molecule has 0 saturated heterocycles. The lowest BCUT2D eigenvalue weighted by Gasteiger charge is -2.08. The van der Waals surface area contributed by atoms with Gasteiger partial charge in [-0.1, -0.05) is 22.0 Å². The number of benzene rings is 1. The van der Waals surface area contributed by atoms with Crippen molar-refractivity contribution in [1.82, 2.24) is 4.98 Å². The summed E-state index contributed by atoms with van der Waals surface area (Å²) in [5.41, 5.74) is 3.14. The molecular weight excluding hydrogens is 330 g/mol. The molecule has 108 valence electrons. The summed E-state index contributed by atoms with van der Waals surface area (Å²) in [6.07, 6.45) is 4.31. The number of nitrogens with zero attached hydrogens (tertiary/aromatic N) is 1. The summed E-state index contributed by atoms with van der Waals surface area (Å²) in [7, 11) is 0. The molecule has 2 aromatic rings. The number of rotatable bonds is 5. The third-order valence-corrected chi connectivity index (χ3v) is 4.06. The topological polar surface area (TPSA) is 39.2 Å².